The van der Waals surface area contributed by atoms with E-state index in [0.717, 1.165) is 11.1 Å². The molecule has 1 amide bonds. The summed E-state index contributed by atoms with van der Waals surface area (Å²) in [6.45, 7) is 0.320. The molecule has 1 N–H and O–H groups in total. The van der Waals surface area contributed by atoms with Crippen LogP contribution >= 0.6 is 0 Å². The lowest BCUT2D eigenvalue weighted by atomic mass is 10.00. The molecule has 1 aromatic rings. The number of phenolic OH excluding ortho intramolecular Hbond substituents is 1. The SMILES string of the molecule is O=C1Cc2cccc(O)c2C[N]1. The molecule has 0 saturated heterocycles. The Labute approximate surface area is 70.0 Å². The molecule has 0 atom stereocenters. The van der Waals surface area contributed by atoms with E-state index >= 15 is 0 Å². The van der Waals surface area contributed by atoms with Gasteiger partial charge in [0.25, 0.3) is 0 Å². The van der Waals surface area contributed by atoms with Crippen LogP contribution in [0.15, 0.2) is 18.2 Å². The van der Waals surface area contributed by atoms with E-state index in [4.69, 9.17) is 0 Å². The van der Waals surface area contributed by atoms with Crippen LogP contribution in [0, 0.1) is 0 Å². The summed E-state index contributed by atoms with van der Waals surface area (Å²) in [5, 5.41) is 13.1. The van der Waals surface area contributed by atoms with Gasteiger partial charge in [0.2, 0.25) is 5.91 Å². The first-order chi connectivity index (χ1) is 5.77. The minimum absolute atomic E-state index is 0.104. The summed E-state index contributed by atoms with van der Waals surface area (Å²) in [6.07, 6.45) is 0.323. The van der Waals surface area contributed by atoms with Crippen LogP contribution in [0.4, 0.5) is 0 Å². The Morgan fingerprint density at radius 3 is 3.08 bits per heavy atom. The van der Waals surface area contributed by atoms with Crippen LogP contribution in [-0.4, -0.2) is 11.0 Å². The molecule has 3 nitrogen and oxygen atoms in total. The second kappa shape index (κ2) is 2.52. The number of fused-ring (bicyclic) bond motifs is 1. The van der Waals surface area contributed by atoms with Crippen molar-refractivity contribution >= 4 is 5.91 Å². The normalized spacial score (nSPS) is 15.2. The smallest absolute Gasteiger partial charge is 0.245 e. The van der Waals surface area contributed by atoms with Crippen molar-refractivity contribution in [2.24, 2.45) is 0 Å². The number of carbonyl (C=O) groups is 1. The quantitative estimate of drug-likeness (QED) is 0.606. The fourth-order valence-electron chi connectivity index (χ4n) is 1.36. The number of aromatic hydroxyl groups is 1. The van der Waals surface area contributed by atoms with Gasteiger partial charge >= 0.3 is 0 Å². The van der Waals surface area contributed by atoms with Crippen molar-refractivity contribution in [3.63, 3.8) is 0 Å². The summed E-state index contributed by atoms with van der Waals surface area (Å²) in [4.78, 5) is 10.9. The third-order valence-corrected chi connectivity index (χ3v) is 2.00. The molecule has 1 radical (unpaired) electrons. The fourth-order valence-corrected chi connectivity index (χ4v) is 1.36. The lowest BCUT2D eigenvalue weighted by Crippen LogP contribution is -2.24. The fraction of sp³-hybridized carbons (Fsp3) is 0.222. The lowest BCUT2D eigenvalue weighted by Gasteiger charge is -2.15. The molecule has 0 spiro atoms. The maximum absolute atomic E-state index is 10.9. The molecular formula is C9H8NO2. The van der Waals surface area contributed by atoms with E-state index < -0.39 is 0 Å². The largest absolute Gasteiger partial charge is 0.508 e. The van der Waals surface area contributed by atoms with Gasteiger partial charge in [0, 0.05) is 5.56 Å². The highest BCUT2D eigenvalue weighted by atomic mass is 16.3. The van der Waals surface area contributed by atoms with Gasteiger partial charge in [0.15, 0.2) is 0 Å². The average molecular weight is 162 g/mol. The van der Waals surface area contributed by atoms with Crippen LogP contribution < -0.4 is 5.32 Å². The monoisotopic (exact) mass is 162 g/mol. The maximum atomic E-state index is 10.9. The molecule has 3 heteroatoms. The van der Waals surface area contributed by atoms with Crippen LogP contribution in [-0.2, 0) is 17.8 Å². The molecule has 1 aromatic carbocycles. The standard InChI is InChI=1S/C9H8NO2/c11-8-3-1-2-6-4-9(12)10-5-7(6)8/h1-3,11H,4-5H2. The van der Waals surface area contributed by atoms with E-state index in [9.17, 15) is 9.90 Å². The third kappa shape index (κ3) is 1.03. The molecule has 2 rings (SSSR count). The van der Waals surface area contributed by atoms with Gasteiger partial charge in [-0.3, -0.25) is 4.79 Å². The first-order valence-corrected chi connectivity index (χ1v) is 3.77. The molecule has 0 aromatic heterocycles. The Kier molecular flexibility index (Phi) is 1.50. The van der Waals surface area contributed by atoms with Gasteiger partial charge in [-0.1, -0.05) is 12.1 Å². The Balaban J connectivity index is 2.48. The van der Waals surface area contributed by atoms with Crippen molar-refractivity contribution in [1.82, 2.24) is 5.32 Å². The lowest BCUT2D eigenvalue weighted by molar-refractivity contribution is -0.121. The minimum atomic E-state index is -0.104. The van der Waals surface area contributed by atoms with E-state index in [2.05, 4.69) is 5.32 Å². The zero-order chi connectivity index (χ0) is 8.55. The molecule has 1 aliphatic heterocycles. The summed E-state index contributed by atoms with van der Waals surface area (Å²) in [6, 6.07) is 5.21. The number of phenols is 1. The van der Waals surface area contributed by atoms with Gasteiger partial charge in [0.1, 0.15) is 5.75 Å². The zero-order valence-electron chi connectivity index (χ0n) is 6.45. The summed E-state index contributed by atoms with van der Waals surface area (Å²) in [7, 11) is 0. The molecule has 61 valence electrons. The highest BCUT2D eigenvalue weighted by Gasteiger charge is 2.18. The predicted octanol–water partition coefficient (Wildman–Crippen LogP) is 0.579. The highest BCUT2D eigenvalue weighted by Crippen LogP contribution is 2.23. The summed E-state index contributed by atoms with van der Waals surface area (Å²) >= 11 is 0. The molecule has 0 saturated carbocycles. The van der Waals surface area contributed by atoms with Gasteiger partial charge in [-0.2, -0.15) is 0 Å². The van der Waals surface area contributed by atoms with E-state index in [-0.39, 0.29) is 11.7 Å². The molecule has 0 aliphatic carbocycles. The van der Waals surface area contributed by atoms with Crippen molar-refractivity contribution in [3.05, 3.63) is 29.3 Å². The van der Waals surface area contributed by atoms with Crippen molar-refractivity contribution < 1.29 is 9.90 Å². The van der Waals surface area contributed by atoms with Crippen molar-refractivity contribution in [1.29, 1.82) is 0 Å². The van der Waals surface area contributed by atoms with Crippen molar-refractivity contribution in [2.45, 2.75) is 13.0 Å². The molecule has 12 heavy (non-hydrogen) atoms. The number of benzene rings is 1. The molecule has 0 fully saturated rings. The average Bonchev–Trinajstić information content (AvgIpc) is 2.04. The number of carbonyl (C=O) groups excluding carboxylic acids is 1. The second-order valence-electron chi connectivity index (χ2n) is 2.80. The van der Waals surface area contributed by atoms with E-state index in [0.29, 0.717) is 13.0 Å². The number of amides is 1. The predicted molar refractivity (Wildman–Crippen MR) is 42.7 cm³/mol. The van der Waals surface area contributed by atoms with E-state index in [1.54, 1.807) is 12.1 Å². The number of nitrogens with zero attached hydrogens (tertiary/aromatic N) is 1. The van der Waals surface area contributed by atoms with E-state index in [1.807, 2.05) is 6.07 Å². The van der Waals surface area contributed by atoms with Gasteiger partial charge < -0.3 is 5.11 Å². The van der Waals surface area contributed by atoms with Crippen LogP contribution in [0.3, 0.4) is 0 Å². The first kappa shape index (κ1) is 7.16. The van der Waals surface area contributed by atoms with Gasteiger partial charge in [0.05, 0.1) is 13.0 Å². The van der Waals surface area contributed by atoms with Crippen LogP contribution in [0.5, 0.6) is 5.75 Å². The van der Waals surface area contributed by atoms with Gasteiger partial charge in [-0.05, 0) is 11.6 Å². The maximum Gasteiger partial charge on any atom is 0.245 e. The highest BCUT2D eigenvalue weighted by molar-refractivity contribution is 5.80. The topological polar surface area (TPSA) is 51.4 Å². The van der Waals surface area contributed by atoms with Crippen molar-refractivity contribution in [2.75, 3.05) is 0 Å². The summed E-state index contributed by atoms with van der Waals surface area (Å²) in [5.41, 5.74) is 1.69. The Morgan fingerprint density at radius 2 is 2.25 bits per heavy atom. The summed E-state index contributed by atoms with van der Waals surface area (Å²) in [5.74, 6) is 0.136. The van der Waals surface area contributed by atoms with Crippen LogP contribution in [0.2, 0.25) is 0 Å². The van der Waals surface area contributed by atoms with E-state index in [1.165, 1.54) is 0 Å². The Hall–Kier alpha value is -1.51. The number of hydrogen-bond acceptors (Lipinski definition) is 2. The van der Waals surface area contributed by atoms with Gasteiger partial charge in [-0.25, -0.2) is 5.32 Å². The number of hydrogen-bond donors (Lipinski definition) is 1. The number of rotatable bonds is 0. The first-order valence-electron chi connectivity index (χ1n) is 3.77. The third-order valence-electron chi connectivity index (χ3n) is 2.00. The van der Waals surface area contributed by atoms with Crippen LogP contribution in [0.25, 0.3) is 0 Å². The Bertz CT molecular complexity index is 333. The molecular weight excluding hydrogens is 154 g/mol. The van der Waals surface area contributed by atoms with Crippen molar-refractivity contribution in [3.8, 4) is 5.75 Å². The molecule has 0 bridgehead atoms. The zero-order valence-corrected chi connectivity index (χ0v) is 6.45. The van der Waals surface area contributed by atoms with Crippen LogP contribution in [0.1, 0.15) is 11.1 Å². The second-order valence-corrected chi connectivity index (χ2v) is 2.80. The molecule has 1 aliphatic rings. The summed E-state index contributed by atoms with van der Waals surface area (Å²) < 4.78 is 0. The molecule has 0 unspecified atom stereocenters. The Morgan fingerprint density at radius 1 is 1.42 bits per heavy atom. The van der Waals surface area contributed by atoms with Gasteiger partial charge in [-0.15, -0.1) is 0 Å². The minimum Gasteiger partial charge on any atom is -0.508 e. The molecule has 1 heterocycles.